The van der Waals surface area contributed by atoms with Gasteiger partial charge < -0.3 is 15.1 Å². The summed E-state index contributed by atoms with van der Waals surface area (Å²) in [5.41, 5.74) is 0. The summed E-state index contributed by atoms with van der Waals surface area (Å²) in [5.74, 6) is 0.225. The maximum absolute atomic E-state index is 11.9. The van der Waals surface area contributed by atoms with Crippen molar-refractivity contribution in [1.82, 2.24) is 15.1 Å². The third-order valence-electron chi connectivity index (χ3n) is 3.29. The molecule has 2 amide bonds. The van der Waals surface area contributed by atoms with Gasteiger partial charge in [-0.1, -0.05) is 6.92 Å². The number of nitrogens with one attached hydrogen (secondary N) is 1. The lowest BCUT2D eigenvalue weighted by Gasteiger charge is -2.34. The van der Waals surface area contributed by atoms with Gasteiger partial charge in [-0.05, 0) is 13.3 Å². The van der Waals surface area contributed by atoms with Gasteiger partial charge >= 0.3 is 0 Å². The summed E-state index contributed by atoms with van der Waals surface area (Å²) >= 11 is 0. The molecule has 1 heterocycles. The number of carbonyl (C=O) groups is 2. The average Bonchev–Trinajstić information content (AvgIpc) is 2.35. The molecule has 0 aromatic heterocycles. The monoisotopic (exact) mass is 241 g/mol. The van der Waals surface area contributed by atoms with Crippen LogP contribution in [0.4, 0.5) is 0 Å². The Morgan fingerprint density at radius 1 is 1.18 bits per heavy atom. The number of hydrogen-bond acceptors (Lipinski definition) is 3. The molecule has 1 N–H and O–H groups in total. The van der Waals surface area contributed by atoms with Crippen LogP contribution >= 0.6 is 0 Å². The quantitative estimate of drug-likeness (QED) is 0.757. The van der Waals surface area contributed by atoms with Crippen LogP contribution in [0.1, 0.15) is 27.2 Å². The van der Waals surface area contributed by atoms with Gasteiger partial charge in [-0.3, -0.25) is 9.59 Å². The molecule has 0 aromatic carbocycles. The van der Waals surface area contributed by atoms with Crippen molar-refractivity contribution in [2.45, 2.75) is 33.2 Å². The molecule has 0 spiro atoms. The highest BCUT2D eigenvalue weighted by atomic mass is 16.2. The third kappa shape index (κ3) is 4.34. The number of piperazine rings is 1. The Morgan fingerprint density at radius 3 is 2.18 bits per heavy atom. The summed E-state index contributed by atoms with van der Waals surface area (Å²) in [6.07, 6.45) is 1.02. The Balaban J connectivity index is 2.28. The molecule has 0 aromatic rings. The fourth-order valence-corrected chi connectivity index (χ4v) is 1.79. The first-order valence-electron chi connectivity index (χ1n) is 6.31. The highest BCUT2D eigenvalue weighted by Crippen LogP contribution is 2.02. The first-order valence-corrected chi connectivity index (χ1v) is 6.31. The fourth-order valence-electron chi connectivity index (χ4n) is 1.79. The zero-order valence-corrected chi connectivity index (χ0v) is 11.0. The number of rotatable bonds is 4. The first-order chi connectivity index (χ1) is 8.04. The standard InChI is InChI=1S/C12H23N3O2/c1-4-10(2)13-9-12(17)15-7-5-14(6-8-15)11(3)16/h10,13H,4-9H2,1-3H3. The third-order valence-corrected chi connectivity index (χ3v) is 3.29. The molecule has 5 nitrogen and oxygen atoms in total. The molecule has 1 saturated heterocycles. The van der Waals surface area contributed by atoms with Gasteiger partial charge in [0.2, 0.25) is 11.8 Å². The molecule has 1 fully saturated rings. The van der Waals surface area contributed by atoms with Crippen LogP contribution in [0.3, 0.4) is 0 Å². The van der Waals surface area contributed by atoms with E-state index in [1.54, 1.807) is 11.8 Å². The highest BCUT2D eigenvalue weighted by Gasteiger charge is 2.21. The van der Waals surface area contributed by atoms with Crippen molar-refractivity contribution in [3.8, 4) is 0 Å². The smallest absolute Gasteiger partial charge is 0.236 e. The summed E-state index contributed by atoms with van der Waals surface area (Å²) < 4.78 is 0. The van der Waals surface area contributed by atoms with Crippen LogP contribution < -0.4 is 5.32 Å². The topological polar surface area (TPSA) is 52.7 Å². The lowest BCUT2D eigenvalue weighted by molar-refractivity contribution is -0.137. The normalized spacial score (nSPS) is 18.1. The van der Waals surface area contributed by atoms with Crippen molar-refractivity contribution in [3.05, 3.63) is 0 Å². The molecule has 1 rings (SSSR count). The molecule has 0 saturated carbocycles. The van der Waals surface area contributed by atoms with E-state index in [2.05, 4.69) is 19.2 Å². The van der Waals surface area contributed by atoms with E-state index in [9.17, 15) is 9.59 Å². The minimum absolute atomic E-state index is 0.0924. The summed E-state index contributed by atoms with van der Waals surface area (Å²) in [5, 5.41) is 3.19. The summed E-state index contributed by atoms with van der Waals surface area (Å²) in [7, 11) is 0. The predicted octanol–water partition coefficient (Wildman–Crippen LogP) is 0.0652. The van der Waals surface area contributed by atoms with Crippen molar-refractivity contribution in [2.24, 2.45) is 0 Å². The molecule has 1 atom stereocenters. The number of amides is 2. The van der Waals surface area contributed by atoms with Gasteiger partial charge in [0.05, 0.1) is 6.54 Å². The van der Waals surface area contributed by atoms with Crippen molar-refractivity contribution >= 4 is 11.8 Å². The maximum atomic E-state index is 11.9. The summed E-state index contributed by atoms with van der Waals surface area (Å²) in [6, 6.07) is 0.373. The van der Waals surface area contributed by atoms with Crippen LogP contribution in [0, 0.1) is 0 Å². The van der Waals surface area contributed by atoms with E-state index >= 15 is 0 Å². The molecule has 1 aliphatic heterocycles. The number of nitrogens with zero attached hydrogens (tertiary/aromatic N) is 2. The van der Waals surface area contributed by atoms with E-state index in [0.717, 1.165) is 6.42 Å². The van der Waals surface area contributed by atoms with Crippen LogP contribution in [0.2, 0.25) is 0 Å². The number of hydrogen-bond donors (Lipinski definition) is 1. The van der Waals surface area contributed by atoms with E-state index in [0.29, 0.717) is 38.8 Å². The second-order valence-corrected chi connectivity index (χ2v) is 4.58. The minimum atomic E-state index is 0.0924. The molecular weight excluding hydrogens is 218 g/mol. The molecule has 1 unspecified atom stereocenters. The lowest BCUT2D eigenvalue weighted by atomic mass is 10.2. The van der Waals surface area contributed by atoms with Gasteiger partial charge in [0.1, 0.15) is 0 Å². The Bertz CT molecular complexity index is 273. The van der Waals surface area contributed by atoms with Crippen LogP contribution in [0.25, 0.3) is 0 Å². The van der Waals surface area contributed by atoms with Gasteiger partial charge in [-0.2, -0.15) is 0 Å². The van der Waals surface area contributed by atoms with Crippen LogP contribution in [-0.2, 0) is 9.59 Å². The van der Waals surface area contributed by atoms with E-state index in [4.69, 9.17) is 0 Å². The van der Waals surface area contributed by atoms with Crippen LogP contribution in [-0.4, -0.2) is 60.4 Å². The molecule has 1 aliphatic rings. The molecule has 0 bridgehead atoms. The molecule has 98 valence electrons. The average molecular weight is 241 g/mol. The predicted molar refractivity (Wildman–Crippen MR) is 66.6 cm³/mol. The van der Waals surface area contributed by atoms with Gasteiger partial charge in [-0.25, -0.2) is 0 Å². The van der Waals surface area contributed by atoms with E-state index < -0.39 is 0 Å². The summed E-state index contributed by atoms with van der Waals surface area (Å²) in [6.45, 7) is 8.75. The Labute approximate surface area is 103 Å². The Hall–Kier alpha value is -1.10. The van der Waals surface area contributed by atoms with Gasteiger partial charge in [-0.15, -0.1) is 0 Å². The van der Waals surface area contributed by atoms with Crippen molar-refractivity contribution in [1.29, 1.82) is 0 Å². The fraction of sp³-hybridized carbons (Fsp3) is 0.833. The molecule has 17 heavy (non-hydrogen) atoms. The van der Waals surface area contributed by atoms with Crippen LogP contribution in [0.5, 0.6) is 0 Å². The van der Waals surface area contributed by atoms with Crippen LogP contribution in [0.15, 0.2) is 0 Å². The SMILES string of the molecule is CCC(C)NCC(=O)N1CCN(C(C)=O)CC1. The van der Waals surface area contributed by atoms with E-state index in [1.165, 1.54) is 0 Å². The number of carbonyl (C=O) groups excluding carboxylic acids is 2. The second-order valence-electron chi connectivity index (χ2n) is 4.58. The van der Waals surface area contributed by atoms with Crippen molar-refractivity contribution in [3.63, 3.8) is 0 Å². The van der Waals surface area contributed by atoms with E-state index in [1.807, 2.05) is 4.90 Å². The molecular formula is C12H23N3O2. The minimum Gasteiger partial charge on any atom is -0.339 e. The van der Waals surface area contributed by atoms with Crippen molar-refractivity contribution < 1.29 is 9.59 Å². The largest absolute Gasteiger partial charge is 0.339 e. The Kier molecular flexibility index (Phi) is 5.41. The molecule has 5 heteroatoms. The lowest BCUT2D eigenvalue weighted by Crippen LogP contribution is -2.52. The molecule has 0 radical (unpaired) electrons. The highest BCUT2D eigenvalue weighted by molar-refractivity contribution is 5.79. The van der Waals surface area contributed by atoms with E-state index in [-0.39, 0.29) is 11.8 Å². The zero-order valence-electron chi connectivity index (χ0n) is 11.0. The van der Waals surface area contributed by atoms with Gasteiger partial charge in [0.25, 0.3) is 0 Å². The van der Waals surface area contributed by atoms with Gasteiger partial charge in [0.15, 0.2) is 0 Å². The van der Waals surface area contributed by atoms with Crippen molar-refractivity contribution in [2.75, 3.05) is 32.7 Å². The summed E-state index contributed by atoms with van der Waals surface area (Å²) in [4.78, 5) is 26.6. The Morgan fingerprint density at radius 2 is 1.71 bits per heavy atom. The zero-order chi connectivity index (χ0) is 12.8. The maximum Gasteiger partial charge on any atom is 0.236 e. The molecule has 0 aliphatic carbocycles. The first kappa shape index (κ1) is 14.0. The second kappa shape index (κ2) is 6.59. The van der Waals surface area contributed by atoms with Gasteiger partial charge in [0, 0.05) is 39.1 Å².